The van der Waals surface area contributed by atoms with E-state index in [1.807, 2.05) is 24.3 Å². The average Bonchev–Trinajstić information content (AvgIpc) is 3.33. The van der Waals surface area contributed by atoms with Crippen molar-refractivity contribution in [3.05, 3.63) is 82.9 Å². The molecule has 0 spiro atoms. The molecule has 184 valence electrons. The topological polar surface area (TPSA) is 70.1 Å². The number of rotatable bonds is 7. The maximum Gasteiger partial charge on any atom is 0.416 e. The lowest BCUT2D eigenvalue weighted by atomic mass is 10.0. The lowest BCUT2D eigenvalue weighted by Gasteiger charge is -2.27. The zero-order chi connectivity index (χ0) is 25.0. The normalized spacial score (nSPS) is 15.8. The van der Waals surface area contributed by atoms with Crippen LogP contribution in [0.1, 0.15) is 41.1 Å². The lowest BCUT2D eigenvalue weighted by molar-refractivity contribution is -0.137. The number of nitrogens with one attached hydrogen (secondary N) is 2. The Morgan fingerprint density at radius 1 is 1.06 bits per heavy atom. The van der Waals surface area contributed by atoms with Crippen molar-refractivity contribution in [3.8, 4) is 0 Å². The van der Waals surface area contributed by atoms with Crippen LogP contribution in [0.15, 0.2) is 54.9 Å². The molecule has 1 aliphatic heterocycles. The SMILES string of the molecule is CNC(=O)Cc1ccc(CNc2ncnc(N3CCCC3c3ccc(C(F)(F)F)cc3)c2F)cc1. The first-order valence-corrected chi connectivity index (χ1v) is 11.2. The number of anilines is 2. The van der Waals surface area contributed by atoms with E-state index in [-0.39, 0.29) is 30.0 Å². The van der Waals surface area contributed by atoms with Crippen LogP contribution in [0, 0.1) is 5.82 Å². The molecule has 2 heterocycles. The predicted octanol–water partition coefficient (Wildman–Crippen LogP) is 4.88. The molecule has 1 aromatic heterocycles. The molecule has 2 N–H and O–H groups in total. The zero-order valence-corrected chi connectivity index (χ0v) is 19.1. The van der Waals surface area contributed by atoms with E-state index in [9.17, 15) is 18.0 Å². The molecule has 35 heavy (non-hydrogen) atoms. The van der Waals surface area contributed by atoms with E-state index < -0.39 is 17.6 Å². The Kier molecular flexibility index (Phi) is 7.18. The van der Waals surface area contributed by atoms with Gasteiger partial charge in [0.25, 0.3) is 0 Å². The second kappa shape index (κ2) is 10.3. The molecule has 4 rings (SSSR count). The number of halogens is 4. The summed E-state index contributed by atoms with van der Waals surface area (Å²) < 4.78 is 54.1. The minimum absolute atomic E-state index is 0.0440. The Balaban J connectivity index is 1.47. The third kappa shape index (κ3) is 5.70. The van der Waals surface area contributed by atoms with Crippen LogP contribution in [0.5, 0.6) is 0 Å². The van der Waals surface area contributed by atoms with Crippen molar-refractivity contribution in [2.24, 2.45) is 0 Å². The highest BCUT2D eigenvalue weighted by Crippen LogP contribution is 2.38. The van der Waals surface area contributed by atoms with Crippen molar-refractivity contribution in [1.82, 2.24) is 15.3 Å². The summed E-state index contributed by atoms with van der Waals surface area (Å²) in [6.07, 6.45) is -1.41. The quantitative estimate of drug-likeness (QED) is 0.465. The van der Waals surface area contributed by atoms with Gasteiger partial charge in [-0.05, 0) is 41.7 Å². The smallest absolute Gasteiger partial charge is 0.363 e. The van der Waals surface area contributed by atoms with Crippen LogP contribution in [0.25, 0.3) is 0 Å². The third-order valence-corrected chi connectivity index (χ3v) is 6.05. The molecule has 10 heteroatoms. The van der Waals surface area contributed by atoms with E-state index in [1.165, 1.54) is 18.5 Å². The summed E-state index contributed by atoms with van der Waals surface area (Å²) >= 11 is 0. The Bertz CT molecular complexity index is 1170. The zero-order valence-electron chi connectivity index (χ0n) is 19.1. The summed E-state index contributed by atoms with van der Waals surface area (Å²) in [6.45, 7) is 0.849. The van der Waals surface area contributed by atoms with E-state index in [4.69, 9.17) is 0 Å². The molecular weight excluding hydrogens is 462 g/mol. The van der Waals surface area contributed by atoms with Gasteiger partial charge >= 0.3 is 6.18 Å². The fourth-order valence-electron chi connectivity index (χ4n) is 4.18. The molecule has 0 saturated carbocycles. The fraction of sp³-hybridized carbons (Fsp3) is 0.320. The molecule has 1 unspecified atom stereocenters. The van der Waals surface area contributed by atoms with Crippen LogP contribution in [-0.4, -0.2) is 29.5 Å². The van der Waals surface area contributed by atoms with E-state index in [0.29, 0.717) is 25.1 Å². The van der Waals surface area contributed by atoms with Gasteiger partial charge in [-0.2, -0.15) is 17.6 Å². The van der Waals surface area contributed by atoms with Gasteiger partial charge in [0, 0.05) is 20.1 Å². The second-order valence-corrected chi connectivity index (χ2v) is 8.35. The van der Waals surface area contributed by atoms with Crippen LogP contribution in [0.4, 0.5) is 29.2 Å². The summed E-state index contributed by atoms with van der Waals surface area (Å²) in [7, 11) is 1.58. The first kappa shape index (κ1) is 24.4. The average molecular weight is 488 g/mol. The second-order valence-electron chi connectivity index (χ2n) is 8.35. The maximum absolute atomic E-state index is 15.4. The summed E-state index contributed by atoms with van der Waals surface area (Å²) in [5.74, 6) is -0.529. The van der Waals surface area contributed by atoms with Gasteiger partial charge < -0.3 is 15.5 Å². The number of alkyl halides is 3. The molecule has 2 aromatic carbocycles. The highest BCUT2D eigenvalue weighted by atomic mass is 19.4. The summed E-state index contributed by atoms with van der Waals surface area (Å²) in [4.78, 5) is 21.4. The Labute approximate surface area is 200 Å². The molecule has 3 aromatic rings. The van der Waals surface area contributed by atoms with Gasteiger partial charge in [-0.15, -0.1) is 0 Å². The Morgan fingerprint density at radius 3 is 2.40 bits per heavy atom. The number of nitrogens with zero attached hydrogens (tertiary/aromatic N) is 3. The summed E-state index contributed by atoms with van der Waals surface area (Å²) in [5.41, 5.74) is 1.72. The van der Waals surface area contributed by atoms with E-state index in [0.717, 1.165) is 29.7 Å². The van der Waals surface area contributed by atoms with Crippen molar-refractivity contribution in [2.45, 2.75) is 38.0 Å². The number of amides is 1. The standard InChI is InChI=1S/C25H25F4N5O/c1-30-21(35)13-16-4-6-17(7-5-16)14-31-23-22(26)24(33-15-32-23)34-12-2-3-20(34)18-8-10-19(11-9-18)25(27,28)29/h4-11,15,20H,2-3,12-14H2,1H3,(H,30,35)(H,31,32,33). The van der Waals surface area contributed by atoms with E-state index >= 15 is 4.39 Å². The summed E-state index contributed by atoms with van der Waals surface area (Å²) in [5, 5.41) is 5.56. The van der Waals surface area contributed by atoms with Gasteiger partial charge in [-0.1, -0.05) is 36.4 Å². The van der Waals surface area contributed by atoms with Crippen molar-refractivity contribution in [2.75, 3.05) is 23.8 Å². The first-order valence-electron chi connectivity index (χ1n) is 11.2. The van der Waals surface area contributed by atoms with Crippen molar-refractivity contribution in [1.29, 1.82) is 0 Å². The van der Waals surface area contributed by atoms with Crippen LogP contribution in [0.3, 0.4) is 0 Å². The van der Waals surface area contributed by atoms with Crippen LogP contribution in [0.2, 0.25) is 0 Å². The monoisotopic (exact) mass is 487 g/mol. The molecule has 0 bridgehead atoms. The number of benzene rings is 2. The van der Waals surface area contributed by atoms with Crippen LogP contribution in [-0.2, 0) is 23.9 Å². The number of hydrogen-bond donors (Lipinski definition) is 2. The van der Waals surface area contributed by atoms with Gasteiger partial charge in [-0.3, -0.25) is 4.79 Å². The van der Waals surface area contributed by atoms with Crippen LogP contribution < -0.4 is 15.5 Å². The van der Waals surface area contributed by atoms with E-state index in [2.05, 4.69) is 20.6 Å². The lowest BCUT2D eigenvalue weighted by Crippen LogP contribution is -2.25. The van der Waals surface area contributed by atoms with Gasteiger partial charge in [-0.25, -0.2) is 9.97 Å². The molecule has 1 saturated heterocycles. The van der Waals surface area contributed by atoms with Crippen molar-refractivity contribution < 1.29 is 22.4 Å². The maximum atomic E-state index is 15.4. The molecule has 1 aliphatic rings. The highest BCUT2D eigenvalue weighted by Gasteiger charge is 2.33. The molecule has 1 atom stereocenters. The highest BCUT2D eigenvalue weighted by molar-refractivity contribution is 5.78. The molecule has 1 fully saturated rings. The predicted molar refractivity (Wildman–Crippen MR) is 124 cm³/mol. The molecule has 0 aliphatic carbocycles. The molecule has 0 radical (unpaired) electrons. The minimum atomic E-state index is -4.41. The number of aromatic nitrogens is 2. The minimum Gasteiger partial charge on any atom is -0.363 e. The van der Waals surface area contributed by atoms with E-state index in [1.54, 1.807) is 11.9 Å². The molecule has 1 amide bonds. The number of hydrogen-bond acceptors (Lipinski definition) is 5. The van der Waals surface area contributed by atoms with Gasteiger partial charge in [0.15, 0.2) is 11.6 Å². The molecule has 6 nitrogen and oxygen atoms in total. The van der Waals surface area contributed by atoms with Gasteiger partial charge in [0.1, 0.15) is 6.33 Å². The number of carbonyl (C=O) groups excluding carboxylic acids is 1. The Hall–Kier alpha value is -3.69. The Morgan fingerprint density at radius 2 is 1.74 bits per heavy atom. The summed E-state index contributed by atoms with van der Waals surface area (Å²) in [6, 6.07) is 12.1. The van der Waals surface area contributed by atoms with Crippen molar-refractivity contribution in [3.63, 3.8) is 0 Å². The largest absolute Gasteiger partial charge is 0.416 e. The van der Waals surface area contributed by atoms with Gasteiger partial charge in [0.05, 0.1) is 18.0 Å². The van der Waals surface area contributed by atoms with Gasteiger partial charge in [0.2, 0.25) is 11.7 Å². The number of carbonyl (C=O) groups is 1. The van der Waals surface area contributed by atoms with Crippen LogP contribution >= 0.6 is 0 Å². The first-order chi connectivity index (χ1) is 16.8. The fourth-order valence-corrected chi connectivity index (χ4v) is 4.18. The third-order valence-electron chi connectivity index (χ3n) is 6.05. The number of likely N-dealkylation sites (N-methyl/N-ethyl adjacent to an activating group) is 1. The molecular formula is C25H25F4N5O. The van der Waals surface area contributed by atoms with Crippen molar-refractivity contribution >= 4 is 17.5 Å².